The number of carbonyl (C=O) groups excluding carboxylic acids is 2. The zero-order chi connectivity index (χ0) is 21.3. The first-order chi connectivity index (χ1) is 14.4. The number of aromatic amines is 1. The Balaban J connectivity index is 1.64. The summed E-state index contributed by atoms with van der Waals surface area (Å²) in [7, 11) is 0. The van der Waals surface area contributed by atoms with Gasteiger partial charge in [-0.2, -0.15) is 4.98 Å². The lowest BCUT2D eigenvalue weighted by Crippen LogP contribution is -2.36. The van der Waals surface area contributed by atoms with Crippen LogP contribution in [0, 0.1) is 0 Å². The zero-order valence-corrected chi connectivity index (χ0v) is 16.8. The van der Waals surface area contributed by atoms with E-state index in [1.165, 1.54) is 0 Å². The highest BCUT2D eigenvalue weighted by Crippen LogP contribution is 2.31. The van der Waals surface area contributed by atoms with E-state index >= 15 is 0 Å². The van der Waals surface area contributed by atoms with Gasteiger partial charge < -0.3 is 16.0 Å². The van der Waals surface area contributed by atoms with Gasteiger partial charge in [-0.1, -0.05) is 35.3 Å². The van der Waals surface area contributed by atoms with Crippen LogP contribution in [0.5, 0.6) is 0 Å². The van der Waals surface area contributed by atoms with E-state index in [1.54, 1.807) is 48.5 Å². The van der Waals surface area contributed by atoms with Crippen LogP contribution < -0.4 is 21.5 Å². The highest BCUT2D eigenvalue weighted by atomic mass is 35.5. The molecule has 8 nitrogen and oxygen atoms in total. The number of amides is 2. The number of H-pyrrole nitrogens is 1. The second-order valence-corrected chi connectivity index (χ2v) is 7.43. The molecule has 0 bridgehead atoms. The number of nitrogens with zero attached hydrogens (tertiary/aromatic N) is 1. The number of nitrogens with one attached hydrogen (secondary N) is 4. The Hall–Kier alpha value is -3.36. The molecule has 0 fully saturated rings. The molecule has 2 amide bonds. The van der Waals surface area contributed by atoms with Gasteiger partial charge in [0, 0.05) is 17.1 Å². The molecule has 0 saturated carbocycles. The van der Waals surface area contributed by atoms with Gasteiger partial charge in [-0.25, -0.2) is 0 Å². The average molecular weight is 444 g/mol. The van der Waals surface area contributed by atoms with Crippen LogP contribution in [-0.4, -0.2) is 21.8 Å². The molecule has 10 heteroatoms. The molecule has 30 heavy (non-hydrogen) atoms. The Morgan fingerprint density at radius 3 is 2.53 bits per heavy atom. The van der Waals surface area contributed by atoms with Crippen molar-refractivity contribution in [3.05, 3.63) is 74.5 Å². The Labute approximate surface area is 180 Å². The normalized spacial score (nSPS) is 15.1. The van der Waals surface area contributed by atoms with Crippen LogP contribution in [0.15, 0.2) is 53.3 Å². The summed E-state index contributed by atoms with van der Waals surface area (Å²) >= 11 is 12.0. The fourth-order valence-electron chi connectivity index (χ4n) is 3.11. The van der Waals surface area contributed by atoms with Crippen molar-refractivity contribution < 1.29 is 9.59 Å². The Morgan fingerprint density at radius 2 is 1.80 bits per heavy atom. The lowest BCUT2D eigenvalue weighted by molar-refractivity contribution is -0.123. The second kappa shape index (κ2) is 8.17. The van der Waals surface area contributed by atoms with Crippen LogP contribution in [0.2, 0.25) is 10.0 Å². The third-order valence-electron chi connectivity index (χ3n) is 4.51. The molecule has 1 aromatic heterocycles. The molecule has 1 aliphatic heterocycles. The van der Waals surface area contributed by atoms with Gasteiger partial charge in [-0.05, 0) is 36.4 Å². The van der Waals surface area contributed by atoms with E-state index < -0.39 is 23.3 Å². The van der Waals surface area contributed by atoms with Crippen LogP contribution in [-0.2, 0) is 9.59 Å². The van der Waals surface area contributed by atoms with Gasteiger partial charge in [0.05, 0.1) is 22.2 Å². The first-order valence-corrected chi connectivity index (χ1v) is 9.68. The smallest absolute Gasteiger partial charge is 0.258 e. The van der Waals surface area contributed by atoms with Gasteiger partial charge in [-0.3, -0.25) is 19.4 Å². The van der Waals surface area contributed by atoms with Crippen molar-refractivity contribution in [3.63, 3.8) is 0 Å². The molecular formula is C20H15Cl2N5O3. The molecular weight excluding hydrogens is 429 g/mol. The number of fused-ring (bicyclic) bond motifs is 1. The summed E-state index contributed by atoms with van der Waals surface area (Å²) in [4.78, 5) is 44.6. The molecule has 1 unspecified atom stereocenters. The Morgan fingerprint density at radius 1 is 1.07 bits per heavy atom. The SMILES string of the molecule is O=C1CC(C(=O)Nc2ccccc2Cl)c2c(nc(Nc3ccc(Cl)cc3)[nH]c2=O)N1. The summed E-state index contributed by atoms with van der Waals surface area (Å²) in [5.74, 6) is -1.80. The lowest BCUT2D eigenvalue weighted by atomic mass is 9.92. The van der Waals surface area contributed by atoms with Crippen molar-refractivity contribution in [2.24, 2.45) is 0 Å². The Bertz CT molecular complexity index is 1190. The summed E-state index contributed by atoms with van der Waals surface area (Å²) < 4.78 is 0. The standard InChI is InChI=1S/C20H15Cl2N5O3/c21-10-5-7-11(8-6-10)23-20-26-17-16(19(30)27-20)12(9-15(28)25-17)18(29)24-14-4-2-1-3-13(14)22/h1-8,12H,9H2,(H,24,29)(H3,23,25,26,27,28,30). The van der Waals surface area contributed by atoms with E-state index in [9.17, 15) is 14.4 Å². The number of rotatable bonds is 4. The van der Waals surface area contributed by atoms with Crippen LogP contribution in [0.25, 0.3) is 0 Å². The predicted octanol–water partition coefficient (Wildman–Crippen LogP) is 3.88. The predicted molar refractivity (Wildman–Crippen MR) is 116 cm³/mol. The van der Waals surface area contributed by atoms with E-state index in [0.29, 0.717) is 21.4 Å². The number of halogens is 2. The molecule has 152 valence electrons. The summed E-state index contributed by atoms with van der Waals surface area (Å²) in [6.45, 7) is 0. The minimum absolute atomic E-state index is 0.0331. The van der Waals surface area contributed by atoms with Gasteiger partial charge in [0.1, 0.15) is 5.82 Å². The van der Waals surface area contributed by atoms with Crippen LogP contribution in [0.4, 0.5) is 23.1 Å². The van der Waals surface area contributed by atoms with E-state index in [1.807, 2.05) is 0 Å². The van der Waals surface area contributed by atoms with Crippen LogP contribution >= 0.6 is 23.2 Å². The van der Waals surface area contributed by atoms with Crippen molar-refractivity contribution >= 4 is 58.2 Å². The minimum Gasteiger partial charge on any atom is -0.326 e. The highest BCUT2D eigenvalue weighted by Gasteiger charge is 2.35. The van der Waals surface area contributed by atoms with Crippen molar-refractivity contribution in [1.29, 1.82) is 0 Å². The highest BCUT2D eigenvalue weighted by molar-refractivity contribution is 6.33. The van der Waals surface area contributed by atoms with Gasteiger partial charge in [0.2, 0.25) is 17.8 Å². The molecule has 4 N–H and O–H groups in total. The summed E-state index contributed by atoms with van der Waals surface area (Å²) in [5.41, 5.74) is 0.580. The van der Waals surface area contributed by atoms with Gasteiger partial charge in [-0.15, -0.1) is 0 Å². The van der Waals surface area contributed by atoms with Crippen molar-refractivity contribution in [2.45, 2.75) is 12.3 Å². The number of anilines is 4. The number of carbonyl (C=O) groups is 2. The van der Waals surface area contributed by atoms with Gasteiger partial charge >= 0.3 is 0 Å². The molecule has 1 aliphatic rings. The summed E-state index contributed by atoms with van der Waals surface area (Å²) in [5, 5.41) is 9.07. The maximum Gasteiger partial charge on any atom is 0.258 e. The first kappa shape index (κ1) is 19.9. The number of hydrogen-bond acceptors (Lipinski definition) is 5. The summed E-state index contributed by atoms with van der Waals surface area (Å²) in [6, 6.07) is 13.5. The molecule has 0 radical (unpaired) electrons. The molecule has 3 aromatic rings. The van der Waals surface area contributed by atoms with Crippen molar-refractivity contribution in [2.75, 3.05) is 16.0 Å². The maximum atomic E-state index is 12.8. The minimum atomic E-state index is -1.01. The second-order valence-electron chi connectivity index (χ2n) is 6.58. The van der Waals surface area contributed by atoms with Crippen LogP contribution in [0.1, 0.15) is 17.9 Å². The quantitative estimate of drug-likeness (QED) is 0.488. The third kappa shape index (κ3) is 4.14. The molecule has 2 aromatic carbocycles. The maximum absolute atomic E-state index is 12.8. The monoisotopic (exact) mass is 443 g/mol. The number of benzene rings is 2. The fraction of sp³-hybridized carbons (Fsp3) is 0.100. The van der Waals surface area contributed by atoms with E-state index in [-0.39, 0.29) is 23.8 Å². The average Bonchev–Trinajstić information content (AvgIpc) is 2.70. The van der Waals surface area contributed by atoms with Gasteiger partial charge in [0.15, 0.2) is 0 Å². The molecule has 0 saturated heterocycles. The molecule has 0 aliphatic carbocycles. The molecule has 4 rings (SSSR count). The largest absolute Gasteiger partial charge is 0.326 e. The van der Waals surface area contributed by atoms with E-state index in [2.05, 4.69) is 25.9 Å². The molecule has 1 atom stereocenters. The van der Waals surface area contributed by atoms with Crippen molar-refractivity contribution in [3.8, 4) is 0 Å². The first-order valence-electron chi connectivity index (χ1n) is 8.93. The topological polar surface area (TPSA) is 116 Å². The zero-order valence-electron chi connectivity index (χ0n) is 15.3. The molecule has 0 spiro atoms. The van der Waals surface area contributed by atoms with Gasteiger partial charge in [0.25, 0.3) is 5.56 Å². The third-order valence-corrected chi connectivity index (χ3v) is 5.09. The lowest BCUT2D eigenvalue weighted by Gasteiger charge is -2.23. The molecule has 2 heterocycles. The number of hydrogen-bond donors (Lipinski definition) is 4. The number of para-hydroxylation sites is 1. The van der Waals surface area contributed by atoms with E-state index in [4.69, 9.17) is 23.2 Å². The fourth-order valence-corrected chi connectivity index (χ4v) is 3.42. The summed E-state index contributed by atoms with van der Waals surface area (Å²) in [6.07, 6.45) is -0.183. The van der Waals surface area contributed by atoms with Crippen molar-refractivity contribution in [1.82, 2.24) is 9.97 Å². The van der Waals surface area contributed by atoms with Crippen LogP contribution in [0.3, 0.4) is 0 Å². The van der Waals surface area contributed by atoms with E-state index in [0.717, 1.165) is 0 Å². The number of aromatic nitrogens is 2. The Kier molecular flexibility index (Phi) is 5.43.